The molecule has 0 saturated heterocycles. The average Bonchev–Trinajstić information content (AvgIpc) is 4.03. The summed E-state index contributed by atoms with van der Waals surface area (Å²) in [6.45, 7) is 0. The number of fused-ring (bicyclic) bond motifs is 12. The van der Waals surface area contributed by atoms with Crippen molar-refractivity contribution in [1.29, 1.82) is 0 Å². The Balaban J connectivity index is 0.909. The minimum atomic E-state index is 1.03. The van der Waals surface area contributed by atoms with Crippen molar-refractivity contribution in [2.75, 3.05) is 0 Å². The lowest BCUT2D eigenvalue weighted by Gasteiger charge is -2.09. The van der Waals surface area contributed by atoms with E-state index in [9.17, 15) is 0 Å². The van der Waals surface area contributed by atoms with Gasteiger partial charge in [0.2, 0.25) is 0 Å². The first-order valence-electron chi connectivity index (χ1n) is 19.5. The average molecular weight is 775 g/mol. The number of thiophene rings is 2. The fourth-order valence-electron chi connectivity index (χ4n) is 9.17. The zero-order chi connectivity index (χ0) is 37.9. The van der Waals surface area contributed by atoms with Gasteiger partial charge in [-0.2, -0.15) is 0 Å². The molecule has 0 aliphatic heterocycles. The van der Waals surface area contributed by atoms with Crippen LogP contribution in [0.15, 0.2) is 182 Å². The number of rotatable bonds is 4. The Morgan fingerprint density at radius 3 is 1.22 bits per heavy atom. The topological polar surface area (TPSA) is 35.6 Å². The third-order valence-corrected chi connectivity index (χ3v) is 14.1. The number of hydrogen-bond donors (Lipinski definition) is 0. The van der Waals surface area contributed by atoms with Crippen molar-refractivity contribution in [3.8, 4) is 33.6 Å². The molecule has 13 rings (SSSR count). The molecule has 13 aromatic rings. The molecule has 0 fully saturated rings. The molecule has 58 heavy (non-hydrogen) atoms. The summed E-state index contributed by atoms with van der Waals surface area (Å²) in [5, 5.41) is 7.45. The third-order valence-electron chi connectivity index (χ3n) is 11.8. The predicted molar refractivity (Wildman–Crippen MR) is 247 cm³/mol. The van der Waals surface area contributed by atoms with Crippen LogP contribution in [0.2, 0.25) is 0 Å². The van der Waals surface area contributed by atoms with Gasteiger partial charge in [0.1, 0.15) is 0 Å². The molecule has 0 unspecified atom stereocenters. The molecule has 6 heterocycles. The van der Waals surface area contributed by atoms with Gasteiger partial charge in [0, 0.05) is 74.9 Å². The highest BCUT2D eigenvalue weighted by molar-refractivity contribution is 7.26. The van der Waals surface area contributed by atoms with Gasteiger partial charge in [-0.25, -0.2) is 0 Å². The molecule has 4 nitrogen and oxygen atoms in total. The van der Waals surface area contributed by atoms with Gasteiger partial charge in [0.05, 0.1) is 33.1 Å². The number of benzene rings is 7. The summed E-state index contributed by atoms with van der Waals surface area (Å²) in [4.78, 5) is 9.53. The monoisotopic (exact) mass is 774 g/mol. The van der Waals surface area contributed by atoms with Gasteiger partial charge < -0.3 is 9.13 Å². The smallest absolute Gasteiger partial charge is 0.0963 e. The molecule has 0 saturated carbocycles. The van der Waals surface area contributed by atoms with Crippen LogP contribution in [0.25, 0.3) is 118 Å². The number of nitrogens with zero attached hydrogens (tertiary/aromatic N) is 4. The summed E-state index contributed by atoms with van der Waals surface area (Å²) in [7, 11) is 0. The highest BCUT2D eigenvalue weighted by Gasteiger charge is 2.17. The van der Waals surface area contributed by atoms with Crippen LogP contribution < -0.4 is 0 Å². The fraction of sp³-hybridized carbons (Fsp3) is 0. The van der Waals surface area contributed by atoms with E-state index in [0.29, 0.717) is 0 Å². The summed E-state index contributed by atoms with van der Waals surface area (Å²) in [6.07, 6.45) is 3.77. The maximum atomic E-state index is 4.77. The first-order valence-corrected chi connectivity index (χ1v) is 21.1. The Bertz CT molecular complexity index is 3470. The van der Waals surface area contributed by atoms with Crippen molar-refractivity contribution >= 4 is 107 Å². The molecule has 6 heteroatoms. The minimum absolute atomic E-state index is 1.03. The molecule has 0 spiro atoms. The van der Waals surface area contributed by atoms with E-state index in [-0.39, 0.29) is 0 Å². The van der Waals surface area contributed by atoms with E-state index < -0.39 is 0 Å². The van der Waals surface area contributed by atoms with Crippen LogP contribution in [0.3, 0.4) is 0 Å². The normalized spacial score (nSPS) is 12.1. The quantitative estimate of drug-likeness (QED) is 0.178. The maximum absolute atomic E-state index is 4.77. The van der Waals surface area contributed by atoms with E-state index in [1.165, 1.54) is 84.4 Å². The van der Waals surface area contributed by atoms with Crippen LogP contribution in [-0.4, -0.2) is 19.1 Å². The van der Waals surface area contributed by atoms with Gasteiger partial charge in [0.15, 0.2) is 0 Å². The molecule has 0 N–H and O–H groups in total. The van der Waals surface area contributed by atoms with Crippen LogP contribution in [0, 0.1) is 0 Å². The van der Waals surface area contributed by atoms with Crippen LogP contribution in [0.1, 0.15) is 0 Å². The van der Waals surface area contributed by atoms with Crippen molar-refractivity contribution in [2.24, 2.45) is 0 Å². The Morgan fingerprint density at radius 1 is 0.310 bits per heavy atom. The molecule has 7 aromatic carbocycles. The Morgan fingerprint density at radius 2 is 0.724 bits per heavy atom. The molecule has 0 aliphatic rings. The largest absolute Gasteiger partial charge is 0.308 e. The van der Waals surface area contributed by atoms with Gasteiger partial charge >= 0.3 is 0 Å². The van der Waals surface area contributed by atoms with Crippen molar-refractivity contribution < 1.29 is 0 Å². The molecule has 270 valence electrons. The maximum Gasteiger partial charge on any atom is 0.0963 e. The summed E-state index contributed by atoms with van der Waals surface area (Å²) < 4.78 is 9.87. The molecular weight excluding hydrogens is 745 g/mol. The second kappa shape index (κ2) is 12.2. The number of hydrogen-bond acceptors (Lipinski definition) is 4. The minimum Gasteiger partial charge on any atom is -0.308 e. The summed E-state index contributed by atoms with van der Waals surface area (Å²) >= 11 is 3.71. The van der Waals surface area contributed by atoms with Crippen molar-refractivity contribution in [1.82, 2.24) is 19.1 Å². The van der Waals surface area contributed by atoms with Gasteiger partial charge in [-0.3, -0.25) is 9.97 Å². The van der Waals surface area contributed by atoms with Crippen LogP contribution in [0.5, 0.6) is 0 Å². The fourth-order valence-corrected chi connectivity index (χ4v) is 11.3. The van der Waals surface area contributed by atoms with Crippen LogP contribution in [-0.2, 0) is 0 Å². The van der Waals surface area contributed by atoms with E-state index in [2.05, 4.69) is 167 Å². The molecule has 0 aliphatic carbocycles. The van der Waals surface area contributed by atoms with E-state index in [1.807, 2.05) is 47.2 Å². The van der Waals surface area contributed by atoms with Crippen LogP contribution in [0.4, 0.5) is 0 Å². The summed E-state index contributed by atoms with van der Waals surface area (Å²) in [6, 6.07) is 62.2. The zero-order valence-electron chi connectivity index (χ0n) is 30.9. The summed E-state index contributed by atoms with van der Waals surface area (Å²) in [5.41, 5.74) is 13.8. The Hall–Kier alpha value is -7.12. The van der Waals surface area contributed by atoms with Gasteiger partial charge in [0.25, 0.3) is 0 Å². The highest BCUT2D eigenvalue weighted by Crippen LogP contribution is 2.42. The van der Waals surface area contributed by atoms with E-state index in [1.54, 1.807) is 0 Å². The predicted octanol–water partition coefficient (Wildman–Crippen LogP) is 14.7. The van der Waals surface area contributed by atoms with Gasteiger partial charge in [-0.15, -0.1) is 22.7 Å². The van der Waals surface area contributed by atoms with Crippen molar-refractivity contribution in [3.05, 3.63) is 182 Å². The van der Waals surface area contributed by atoms with Crippen molar-refractivity contribution in [3.63, 3.8) is 0 Å². The second-order valence-electron chi connectivity index (χ2n) is 15.0. The molecule has 0 atom stereocenters. The molecule has 0 bridgehead atoms. The van der Waals surface area contributed by atoms with Crippen molar-refractivity contribution in [2.45, 2.75) is 0 Å². The van der Waals surface area contributed by atoms with E-state index in [0.717, 1.165) is 33.4 Å². The summed E-state index contributed by atoms with van der Waals surface area (Å²) in [5.74, 6) is 0. The van der Waals surface area contributed by atoms with Gasteiger partial charge in [-0.1, -0.05) is 66.7 Å². The molecule has 0 radical (unpaired) electrons. The standard InChI is InChI=1S/C52H30N4S2/c1-3-12-43-37(10-1)51-45(14-6-24-53-51)55(43)35-18-22-49-41(29-35)39-27-33(16-20-47(39)57-49)31-8-5-9-32(26-31)34-17-21-48-40(28-34)42-30-36(19-23-50(42)58-48)56-44-13-4-2-11-38(44)52-46(56)15-7-25-54-52/h1-30H. The Labute approximate surface area is 340 Å². The second-order valence-corrected chi connectivity index (χ2v) is 17.2. The van der Waals surface area contributed by atoms with Crippen LogP contribution >= 0.6 is 22.7 Å². The SMILES string of the molecule is c1cc(-c2ccc3sc4ccc(-n5c6ccccc6c6ncccc65)cc4c3c2)cc(-c2ccc3sc4ccc(-n5c6ccccc6c6ncccc65)cc4c3c2)c1. The Kier molecular flexibility index (Phi) is 6.73. The first kappa shape index (κ1) is 32.0. The first-order chi connectivity index (χ1) is 28.7. The van der Waals surface area contributed by atoms with E-state index >= 15 is 0 Å². The number of pyridine rings is 2. The lowest BCUT2D eigenvalue weighted by molar-refractivity contribution is 1.18. The third kappa shape index (κ3) is 4.67. The zero-order valence-corrected chi connectivity index (χ0v) is 32.6. The van der Waals surface area contributed by atoms with Gasteiger partial charge in [-0.05, 0) is 125 Å². The number of para-hydroxylation sites is 2. The molecule has 0 amide bonds. The lowest BCUT2D eigenvalue weighted by atomic mass is 9.97. The van der Waals surface area contributed by atoms with E-state index in [4.69, 9.17) is 9.97 Å². The number of aromatic nitrogens is 4. The molecule has 6 aromatic heterocycles. The molecular formula is C52H30N4S2. The lowest BCUT2D eigenvalue weighted by Crippen LogP contribution is -1.93. The highest BCUT2D eigenvalue weighted by atomic mass is 32.1.